The molecule has 3 aromatic rings. The van der Waals surface area contributed by atoms with Crippen molar-refractivity contribution in [3.8, 4) is 11.5 Å². The van der Waals surface area contributed by atoms with E-state index in [1.165, 1.54) is 10.6 Å². The summed E-state index contributed by atoms with van der Waals surface area (Å²) < 4.78 is 10.6. The molecule has 2 atom stereocenters. The van der Waals surface area contributed by atoms with Gasteiger partial charge in [-0.15, -0.1) is 11.3 Å². The first-order valence-electron chi connectivity index (χ1n) is 11.2. The van der Waals surface area contributed by atoms with E-state index < -0.39 is 0 Å². The van der Waals surface area contributed by atoms with E-state index in [1.807, 2.05) is 30.3 Å². The van der Waals surface area contributed by atoms with Crippen LogP contribution in [0.1, 0.15) is 28.2 Å². The smallest absolute Gasteiger partial charge is 0.251 e. The number of carbonyl (C=O) groups is 1. The zero-order valence-corrected chi connectivity index (χ0v) is 20.2. The quantitative estimate of drug-likeness (QED) is 0.533. The van der Waals surface area contributed by atoms with E-state index in [2.05, 4.69) is 51.7 Å². The Labute approximate surface area is 199 Å². The Hall–Kier alpha value is -3.03. The normalized spacial score (nSPS) is 16.2. The van der Waals surface area contributed by atoms with E-state index in [0.29, 0.717) is 11.3 Å². The number of piperazine rings is 1. The van der Waals surface area contributed by atoms with Crippen molar-refractivity contribution < 1.29 is 14.3 Å². The highest BCUT2D eigenvalue weighted by molar-refractivity contribution is 7.10. The number of nitrogens with one attached hydrogen (secondary N) is 1. The van der Waals surface area contributed by atoms with E-state index >= 15 is 0 Å². The van der Waals surface area contributed by atoms with E-state index in [1.54, 1.807) is 31.6 Å². The molecule has 1 N–H and O–H groups in total. The Kier molecular flexibility index (Phi) is 7.52. The van der Waals surface area contributed by atoms with Crippen LogP contribution < -0.4 is 19.7 Å². The molecular weight excluding hydrogens is 434 g/mol. The van der Waals surface area contributed by atoms with Crippen molar-refractivity contribution in [2.75, 3.05) is 45.3 Å². The Morgan fingerprint density at radius 2 is 1.67 bits per heavy atom. The van der Waals surface area contributed by atoms with Gasteiger partial charge >= 0.3 is 0 Å². The highest BCUT2D eigenvalue weighted by Crippen LogP contribution is 2.31. The molecule has 7 heteroatoms. The molecule has 0 radical (unpaired) electrons. The predicted octanol–water partition coefficient (Wildman–Crippen LogP) is 4.45. The van der Waals surface area contributed by atoms with E-state index in [9.17, 15) is 4.79 Å². The third kappa shape index (κ3) is 5.49. The van der Waals surface area contributed by atoms with E-state index in [-0.39, 0.29) is 18.0 Å². The van der Waals surface area contributed by atoms with Crippen LogP contribution in [-0.2, 0) is 0 Å². The summed E-state index contributed by atoms with van der Waals surface area (Å²) in [5, 5.41) is 5.34. The average Bonchev–Trinajstić information content (AvgIpc) is 3.39. The molecule has 0 saturated carbocycles. The van der Waals surface area contributed by atoms with Crippen molar-refractivity contribution in [2.24, 2.45) is 0 Å². The van der Waals surface area contributed by atoms with Crippen LogP contribution >= 0.6 is 11.3 Å². The first-order chi connectivity index (χ1) is 16.1. The fraction of sp³-hybridized carbons (Fsp3) is 0.346. The zero-order valence-electron chi connectivity index (χ0n) is 19.4. The first-order valence-corrected chi connectivity index (χ1v) is 12.1. The van der Waals surface area contributed by atoms with Crippen LogP contribution in [0.2, 0.25) is 0 Å². The summed E-state index contributed by atoms with van der Waals surface area (Å²) in [6, 6.07) is 19.8. The third-order valence-corrected chi connectivity index (χ3v) is 7.09. The second-order valence-electron chi connectivity index (χ2n) is 8.18. The van der Waals surface area contributed by atoms with Gasteiger partial charge in [0.05, 0.1) is 20.3 Å². The number of anilines is 1. The lowest BCUT2D eigenvalue weighted by Crippen LogP contribution is -2.52. The van der Waals surface area contributed by atoms with Crippen LogP contribution in [0.3, 0.4) is 0 Å². The highest BCUT2D eigenvalue weighted by Gasteiger charge is 2.31. The molecule has 174 valence electrons. The molecule has 1 aliphatic heterocycles. The fourth-order valence-corrected chi connectivity index (χ4v) is 5.35. The maximum absolute atomic E-state index is 13.0. The second kappa shape index (κ2) is 10.7. The zero-order chi connectivity index (χ0) is 23.2. The van der Waals surface area contributed by atoms with E-state index in [0.717, 1.165) is 31.9 Å². The van der Waals surface area contributed by atoms with Crippen molar-refractivity contribution in [1.29, 1.82) is 0 Å². The highest BCUT2D eigenvalue weighted by atomic mass is 32.1. The SMILES string of the molecule is COc1ccc(N2CCN(C(c3cccs3)C(C)NC(=O)c3cccc(OC)c3)CC2)cc1. The van der Waals surface area contributed by atoms with Crippen molar-refractivity contribution in [2.45, 2.75) is 19.0 Å². The summed E-state index contributed by atoms with van der Waals surface area (Å²) in [5.41, 5.74) is 1.82. The Morgan fingerprint density at radius 3 is 2.30 bits per heavy atom. The topological polar surface area (TPSA) is 54.0 Å². The summed E-state index contributed by atoms with van der Waals surface area (Å²) in [6.07, 6.45) is 0. The van der Waals surface area contributed by atoms with Crippen molar-refractivity contribution in [1.82, 2.24) is 10.2 Å². The van der Waals surface area contributed by atoms with E-state index in [4.69, 9.17) is 9.47 Å². The lowest BCUT2D eigenvalue weighted by atomic mass is 10.0. The van der Waals surface area contributed by atoms with Crippen molar-refractivity contribution in [3.05, 3.63) is 76.5 Å². The van der Waals surface area contributed by atoms with Gasteiger partial charge in [0.25, 0.3) is 5.91 Å². The second-order valence-corrected chi connectivity index (χ2v) is 9.15. The summed E-state index contributed by atoms with van der Waals surface area (Å²) in [6.45, 7) is 5.82. The number of thiophene rings is 1. The summed E-state index contributed by atoms with van der Waals surface area (Å²) in [7, 11) is 3.30. The first kappa shape index (κ1) is 23.1. The Bertz CT molecular complexity index is 1030. The fourth-order valence-electron chi connectivity index (χ4n) is 4.39. The molecule has 33 heavy (non-hydrogen) atoms. The van der Waals surface area contributed by atoms with Crippen LogP contribution in [0, 0.1) is 0 Å². The van der Waals surface area contributed by atoms with Gasteiger partial charge in [0.15, 0.2) is 0 Å². The number of hydrogen-bond donors (Lipinski definition) is 1. The number of methoxy groups -OCH3 is 2. The number of rotatable bonds is 8. The van der Waals surface area contributed by atoms with Gasteiger partial charge in [-0.2, -0.15) is 0 Å². The van der Waals surface area contributed by atoms with Gasteiger partial charge in [0.2, 0.25) is 0 Å². The number of ether oxygens (including phenoxy) is 2. The maximum atomic E-state index is 13.0. The molecule has 1 aromatic heterocycles. The molecule has 2 unspecified atom stereocenters. The van der Waals surface area contributed by atoms with Gasteiger partial charge in [-0.25, -0.2) is 0 Å². The molecular formula is C26H31N3O3S. The molecule has 0 spiro atoms. The molecule has 4 rings (SSSR count). The van der Waals surface area contributed by atoms with Crippen LogP contribution in [0.4, 0.5) is 5.69 Å². The van der Waals surface area contributed by atoms with Gasteiger partial charge in [-0.1, -0.05) is 12.1 Å². The monoisotopic (exact) mass is 465 g/mol. The molecule has 0 bridgehead atoms. The number of nitrogens with zero attached hydrogens (tertiary/aromatic N) is 2. The lowest BCUT2D eigenvalue weighted by molar-refractivity contribution is 0.0890. The molecule has 2 heterocycles. The van der Waals surface area contributed by atoms with Crippen LogP contribution in [0.25, 0.3) is 0 Å². The lowest BCUT2D eigenvalue weighted by Gasteiger charge is -2.42. The van der Waals surface area contributed by atoms with Gasteiger partial charge in [-0.3, -0.25) is 9.69 Å². The van der Waals surface area contributed by atoms with Gasteiger partial charge in [-0.05, 0) is 60.8 Å². The molecule has 0 aliphatic carbocycles. The number of carbonyl (C=O) groups excluding carboxylic acids is 1. The number of hydrogen-bond acceptors (Lipinski definition) is 6. The minimum absolute atomic E-state index is 0.0464. The van der Waals surface area contributed by atoms with Gasteiger partial charge in [0.1, 0.15) is 11.5 Å². The van der Waals surface area contributed by atoms with Crippen LogP contribution in [0.5, 0.6) is 11.5 Å². The Morgan fingerprint density at radius 1 is 0.939 bits per heavy atom. The number of amides is 1. The Balaban J connectivity index is 1.44. The molecule has 1 aliphatic rings. The van der Waals surface area contributed by atoms with Crippen LogP contribution in [0.15, 0.2) is 66.0 Å². The maximum Gasteiger partial charge on any atom is 0.251 e. The predicted molar refractivity (Wildman–Crippen MR) is 134 cm³/mol. The minimum Gasteiger partial charge on any atom is -0.497 e. The molecule has 6 nitrogen and oxygen atoms in total. The molecule has 1 amide bonds. The standard InChI is InChI=1S/C26H31N3O3S/c1-19(27-26(30)20-6-4-7-23(18-20)32-3)25(24-8-5-17-33-24)29-15-13-28(14-16-29)21-9-11-22(31-2)12-10-21/h4-12,17-19,25H,13-16H2,1-3H3,(H,27,30). The summed E-state index contributed by atoms with van der Waals surface area (Å²) in [5.74, 6) is 1.47. The van der Waals surface area contributed by atoms with Crippen molar-refractivity contribution >= 4 is 22.9 Å². The largest absolute Gasteiger partial charge is 0.497 e. The number of benzene rings is 2. The third-order valence-electron chi connectivity index (χ3n) is 6.14. The summed E-state index contributed by atoms with van der Waals surface area (Å²) in [4.78, 5) is 19.1. The molecule has 1 fully saturated rings. The van der Waals surface area contributed by atoms with Crippen LogP contribution in [-0.4, -0.2) is 57.2 Å². The van der Waals surface area contributed by atoms with Gasteiger partial charge < -0.3 is 19.7 Å². The molecule has 1 saturated heterocycles. The molecule has 2 aromatic carbocycles. The summed E-state index contributed by atoms with van der Waals surface area (Å²) >= 11 is 1.74. The van der Waals surface area contributed by atoms with Crippen molar-refractivity contribution in [3.63, 3.8) is 0 Å². The van der Waals surface area contributed by atoms with Gasteiger partial charge in [0, 0.05) is 48.3 Å². The minimum atomic E-state index is -0.0835. The average molecular weight is 466 g/mol.